The van der Waals surface area contributed by atoms with E-state index in [-0.39, 0.29) is 16.7 Å². The van der Waals surface area contributed by atoms with Crippen LogP contribution in [-0.2, 0) is 0 Å². The smallest absolute Gasteiger partial charge is 0.158 e. The lowest BCUT2D eigenvalue weighted by atomic mass is 9.90. The standard InChI is InChI=1S/C30H9F3N6/c31-28-22(10-34)4-19(5-23(28)11-35)16-1-17(20-6-24(12-36)29(32)25(7-20)13-37)3-18(2-16)21-8-26(14-38)30(33)27(9-21)15-39/h1-9H. The average molecular weight is 510 g/mol. The van der Waals surface area contributed by atoms with E-state index in [1.54, 1.807) is 54.6 Å². The topological polar surface area (TPSA) is 143 Å². The molecule has 4 rings (SSSR count). The van der Waals surface area contributed by atoms with Crippen LogP contribution in [0.2, 0.25) is 0 Å². The van der Waals surface area contributed by atoms with Gasteiger partial charge in [-0.25, -0.2) is 13.2 Å². The van der Waals surface area contributed by atoms with Crippen LogP contribution in [0, 0.1) is 85.4 Å². The van der Waals surface area contributed by atoms with Gasteiger partial charge in [-0.3, -0.25) is 0 Å². The molecule has 180 valence electrons. The molecule has 0 saturated heterocycles. The van der Waals surface area contributed by atoms with Crippen LogP contribution in [0.15, 0.2) is 54.6 Å². The normalized spacial score (nSPS) is 9.77. The zero-order valence-electron chi connectivity index (χ0n) is 19.5. The zero-order valence-corrected chi connectivity index (χ0v) is 19.5. The fourth-order valence-electron chi connectivity index (χ4n) is 3.99. The Kier molecular flexibility index (Phi) is 6.79. The minimum Gasteiger partial charge on any atom is -0.204 e. The lowest BCUT2D eigenvalue weighted by Crippen LogP contribution is -1.96. The van der Waals surface area contributed by atoms with Crippen LogP contribution >= 0.6 is 0 Å². The molecule has 0 aliphatic rings. The number of rotatable bonds is 3. The van der Waals surface area contributed by atoms with Gasteiger partial charge in [0.2, 0.25) is 0 Å². The molecule has 0 aliphatic heterocycles. The summed E-state index contributed by atoms with van der Waals surface area (Å²) in [7, 11) is 0. The summed E-state index contributed by atoms with van der Waals surface area (Å²) in [6.07, 6.45) is 0. The Morgan fingerprint density at radius 3 is 0.615 bits per heavy atom. The Morgan fingerprint density at radius 2 is 0.462 bits per heavy atom. The van der Waals surface area contributed by atoms with Crippen LogP contribution < -0.4 is 0 Å². The number of hydrogen-bond acceptors (Lipinski definition) is 6. The van der Waals surface area contributed by atoms with Crippen LogP contribution in [0.5, 0.6) is 0 Å². The molecule has 4 aromatic carbocycles. The van der Waals surface area contributed by atoms with E-state index in [0.29, 0.717) is 16.7 Å². The van der Waals surface area contributed by atoms with Crippen LogP contribution in [0.1, 0.15) is 33.4 Å². The molecule has 4 aromatic rings. The third kappa shape index (κ3) is 4.60. The highest BCUT2D eigenvalue weighted by atomic mass is 19.1. The van der Waals surface area contributed by atoms with Crippen molar-refractivity contribution in [1.29, 1.82) is 31.6 Å². The number of halogens is 3. The average Bonchev–Trinajstić information content (AvgIpc) is 2.97. The molecule has 0 unspecified atom stereocenters. The summed E-state index contributed by atoms with van der Waals surface area (Å²) in [4.78, 5) is 0. The highest BCUT2D eigenvalue weighted by Gasteiger charge is 2.18. The van der Waals surface area contributed by atoms with Crippen molar-refractivity contribution in [3.63, 3.8) is 0 Å². The molecule has 0 aliphatic carbocycles. The predicted octanol–water partition coefficient (Wildman–Crippen LogP) is 6.33. The van der Waals surface area contributed by atoms with Crippen molar-refractivity contribution in [2.45, 2.75) is 0 Å². The van der Waals surface area contributed by atoms with Crippen molar-refractivity contribution >= 4 is 0 Å². The van der Waals surface area contributed by atoms with Gasteiger partial charge in [-0.1, -0.05) is 0 Å². The van der Waals surface area contributed by atoms with E-state index in [1.165, 1.54) is 36.4 Å². The van der Waals surface area contributed by atoms with Gasteiger partial charge in [-0.2, -0.15) is 31.6 Å². The number of nitrogens with zero attached hydrogens (tertiary/aromatic N) is 6. The van der Waals surface area contributed by atoms with E-state index >= 15 is 0 Å². The molecule has 6 nitrogen and oxygen atoms in total. The number of hydrogen-bond donors (Lipinski definition) is 0. The molecule has 0 atom stereocenters. The Hall–Kier alpha value is -6.39. The molecule has 0 saturated carbocycles. The summed E-state index contributed by atoms with van der Waals surface area (Å²) in [5, 5.41) is 56.2. The van der Waals surface area contributed by atoms with Gasteiger partial charge in [-0.15, -0.1) is 0 Å². The summed E-state index contributed by atoms with van der Waals surface area (Å²) in [6.45, 7) is 0. The number of nitriles is 6. The quantitative estimate of drug-likeness (QED) is 0.315. The molecule has 0 radical (unpaired) electrons. The van der Waals surface area contributed by atoms with E-state index in [0.717, 1.165) is 0 Å². The monoisotopic (exact) mass is 510 g/mol. The molecular formula is C30H9F3N6. The largest absolute Gasteiger partial charge is 0.204 e. The Balaban J connectivity index is 2.10. The van der Waals surface area contributed by atoms with Crippen LogP contribution in [0.3, 0.4) is 0 Å². The van der Waals surface area contributed by atoms with Crippen molar-refractivity contribution in [2.75, 3.05) is 0 Å². The van der Waals surface area contributed by atoms with Gasteiger partial charge in [0.1, 0.15) is 36.4 Å². The van der Waals surface area contributed by atoms with Crippen molar-refractivity contribution < 1.29 is 13.2 Å². The molecule has 0 amide bonds. The fourth-order valence-corrected chi connectivity index (χ4v) is 3.99. The van der Waals surface area contributed by atoms with Crippen molar-refractivity contribution in [3.8, 4) is 69.8 Å². The molecule has 0 fully saturated rings. The maximum Gasteiger partial charge on any atom is 0.158 e. The fraction of sp³-hybridized carbons (Fsp3) is 0. The van der Waals surface area contributed by atoms with E-state index < -0.39 is 50.8 Å². The van der Waals surface area contributed by atoms with Gasteiger partial charge < -0.3 is 0 Å². The summed E-state index contributed by atoms with van der Waals surface area (Å²) in [6, 6.07) is 22.1. The van der Waals surface area contributed by atoms with Gasteiger partial charge in [0.05, 0.1) is 33.4 Å². The molecular weight excluding hydrogens is 501 g/mol. The first-order valence-electron chi connectivity index (χ1n) is 10.9. The maximum atomic E-state index is 14.4. The van der Waals surface area contributed by atoms with Crippen LogP contribution in [0.25, 0.3) is 33.4 Å². The second kappa shape index (κ2) is 10.3. The first-order valence-corrected chi connectivity index (χ1v) is 10.9. The highest BCUT2D eigenvalue weighted by Crippen LogP contribution is 2.36. The Labute approximate surface area is 220 Å². The summed E-state index contributed by atoms with van der Waals surface area (Å²) in [5.74, 6) is -2.98. The van der Waals surface area contributed by atoms with E-state index in [2.05, 4.69) is 0 Å². The van der Waals surface area contributed by atoms with Gasteiger partial charge in [0, 0.05) is 0 Å². The van der Waals surface area contributed by atoms with Crippen molar-refractivity contribution in [3.05, 3.63) is 105 Å². The lowest BCUT2D eigenvalue weighted by molar-refractivity contribution is 0.620. The molecule has 0 heterocycles. The van der Waals surface area contributed by atoms with Gasteiger partial charge in [-0.05, 0) is 88.0 Å². The van der Waals surface area contributed by atoms with E-state index in [1.807, 2.05) is 0 Å². The SMILES string of the molecule is N#Cc1cc(-c2cc(-c3cc(C#N)c(F)c(C#N)c3)cc(-c3cc(C#N)c(F)c(C#N)c3)c2)cc(C#N)c1F. The predicted molar refractivity (Wildman–Crippen MR) is 131 cm³/mol. The molecule has 0 spiro atoms. The summed E-state index contributed by atoms with van der Waals surface area (Å²) < 4.78 is 43.3. The number of benzene rings is 4. The van der Waals surface area contributed by atoms with Gasteiger partial charge in [0.15, 0.2) is 17.5 Å². The second-order valence-electron chi connectivity index (χ2n) is 8.13. The van der Waals surface area contributed by atoms with Crippen molar-refractivity contribution in [2.24, 2.45) is 0 Å². The lowest BCUT2D eigenvalue weighted by Gasteiger charge is -2.13. The molecule has 9 heteroatoms. The second-order valence-corrected chi connectivity index (χ2v) is 8.13. The highest BCUT2D eigenvalue weighted by molar-refractivity contribution is 5.83. The Bertz CT molecular complexity index is 1620. The summed E-state index contributed by atoms with van der Waals surface area (Å²) in [5.41, 5.74) is -0.610. The maximum absolute atomic E-state index is 14.4. The molecule has 0 aromatic heterocycles. The molecule has 39 heavy (non-hydrogen) atoms. The third-order valence-electron chi connectivity index (χ3n) is 5.87. The molecule has 0 N–H and O–H groups in total. The third-order valence-corrected chi connectivity index (χ3v) is 5.87. The van der Waals surface area contributed by atoms with E-state index in [9.17, 15) is 44.7 Å². The van der Waals surface area contributed by atoms with Crippen LogP contribution in [-0.4, -0.2) is 0 Å². The van der Waals surface area contributed by atoms with E-state index in [4.69, 9.17) is 0 Å². The first-order chi connectivity index (χ1) is 18.8. The van der Waals surface area contributed by atoms with Crippen molar-refractivity contribution in [1.82, 2.24) is 0 Å². The zero-order chi connectivity index (χ0) is 28.3. The first kappa shape index (κ1) is 25.7. The van der Waals surface area contributed by atoms with Gasteiger partial charge >= 0.3 is 0 Å². The Morgan fingerprint density at radius 1 is 0.308 bits per heavy atom. The minimum absolute atomic E-state index is 0.249. The summed E-state index contributed by atoms with van der Waals surface area (Å²) >= 11 is 0. The van der Waals surface area contributed by atoms with Crippen LogP contribution in [0.4, 0.5) is 13.2 Å². The van der Waals surface area contributed by atoms with Gasteiger partial charge in [0.25, 0.3) is 0 Å². The molecule has 0 bridgehead atoms. The minimum atomic E-state index is -0.994.